The van der Waals surface area contributed by atoms with Gasteiger partial charge in [-0.3, -0.25) is 4.79 Å². The number of hydrogen-bond donors (Lipinski definition) is 1. The summed E-state index contributed by atoms with van der Waals surface area (Å²) in [4.78, 5) is 14.1. The minimum atomic E-state index is -0.0444. The number of hydrogen-bond acceptors (Lipinski definition) is 3. The van der Waals surface area contributed by atoms with Gasteiger partial charge in [-0.05, 0) is 32.8 Å². The molecule has 2 heterocycles. The van der Waals surface area contributed by atoms with Crippen molar-refractivity contribution in [3.63, 3.8) is 0 Å². The number of carbonyl (C=O) groups excluding carboxylic acids is 1. The van der Waals surface area contributed by atoms with Crippen molar-refractivity contribution in [2.24, 2.45) is 5.73 Å². The molecular formula is C12H19ClN2O2. The minimum absolute atomic E-state index is 0. The third-order valence-electron chi connectivity index (χ3n) is 3.25. The Morgan fingerprint density at radius 2 is 2.29 bits per heavy atom. The van der Waals surface area contributed by atoms with E-state index in [2.05, 4.69) is 13.8 Å². The second-order valence-corrected chi connectivity index (χ2v) is 4.88. The Labute approximate surface area is 108 Å². The summed E-state index contributed by atoms with van der Waals surface area (Å²) in [6.07, 6.45) is 3.62. The Bertz CT molecular complexity index is 401. The first-order chi connectivity index (χ1) is 7.54. The molecule has 4 nitrogen and oxygen atoms in total. The zero-order chi connectivity index (χ0) is 11.8. The highest BCUT2D eigenvalue weighted by molar-refractivity contribution is 5.94. The number of furan rings is 1. The fourth-order valence-electron chi connectivity index (χ4n) is 2.24. The molecule has 0 aliphatic carbocycles. The Morgan fingerprint density at radius 3 is 2.76 bits per heavy atom. The molecule has 17 heavy (non-hydrogen) atoms. The highest BCUT2D eigenvalue weighted by Crippen LogP contribution is 2.29. The highest BCUT2D eigenvalue weighted by atomic mass is 35.5. The van der Waals surface area contributed by atoms with Crippen LogP contribution >= 0.6 is 12.4 Å². The monoisotopic (exact) mass is 258 g/mol. The van der Waals surface area contributed by atoms with E-state index in [-0.39, 0.29) is 23.9 Å². The number of carbonyl (C=O) groups is 1. The van der Waals surface area contributed by atoms with Gasteiger partial charge in [-0.25, -0.2) is 0 Å². The van der Waals surface area contributed by atoms with Crippen LogP contribution in [0.15, 0.2) is 16.7 Å². The predicted octanol–water partition coefficient (Wildman–Crippen LogP) is 2.17. The van der Waals surface area contributed by atoms with Gasteiger partial charge in [-0.2, -0.15) is 0 Å². The zero-order valence-electron chi connectivity index (χ0n) is 10.2. The number of nitrogens with two attached hydrogens (primary N) is 1. The van der Waals surface area contributed by atoms with Crippen LogP contribution in [0.4, 0.5) is 0 Å². The first-order valence-electron chi connectivity index (χ1n) is 5.64. The number of amides is 1. The summed E-state index contributed by atoms with van der Waals surface area (Å²) in [5.41, 5.74) is 6.01. The van der Waals surface area contributed by atoms with E-state index in [4.69, 9.17) is 10.2 Å². The van der Waals surface area contributed by atoms with E-state index >= 15 is 0 Å². The van der Waals surface area contributed by atoms with Crippen molar-refractivity contribution in [2.75, 3.05) is 6.54 Å². The van der Waals surface area contributed by atoms with Gasteiger partial charge in [-0.1, -0.05) is 0 Å². The quantitative estimate of drug-likeness (QED) is 0.885. The molecule has 1 saturated heterocycles. The Kier molecular flexibility index (Phi) is 4.22. The molecule has 2 rings (SSSR count). The van der Waals surface area contributed by atoms with E-state index in [1.54, 1.807) is 6.07 Å². The molecule has 1 fully saturated rings. The van der Waals surface area contributed by atoms with Crippen molar-refractivity contribution in [2.45, 2.75) is 38.8 Å². The van der Waals surface area contributed by atoms with Crippen LogP contribution in [-0.2, 0) is 6.54 Å². The van der Waals surface area contributed by atoms with E-state index in [0.717, 1.165) is 19.4 Å². The van der Waals surface area contributed by atoms with Crippen molar-refractivity contribution in [1.82, 2.24) is 4.90 Å². The minimum Gasteiger partial charge on any atom is -0.467 e. The summed E-state index contributed by atoms with van der Waals surface area (Å²) in [5, 5.41) is 0. The number of halogens is 1. The molecule has 0 spiro atoms. The van der Waals surface area contributed by atoms with Crippen LogP contribution < -0.4 is 5.73 Å². The topological polar surface area (TPSA) is 59.5 Å². The lowest BCUT2D eigenvalue weighted by atomic mass is 10.0. The Hall–Kier alpha value is -1.00. The van der Waals surface area contributed by atoms with E-state index in [1.807, 2.05) is 4.90 Å². The smallest absolute Gasteiger partial charge is 0.257 e. The van der Waals surface area contributed by atoms with Gasteiger partial charge in [-0.15, -0.1) is 12.4 Å². The van der Waals surface area contributed by atoms with Gasteiger partial charge in [0.05, 0.1) is 12.1 Å². The predicted molar refractivity (Wildman–Crippen MR) is 68.2 cm³/mol. The van der Waals surface area contributed by atoms with Crippen LogP contribution in [0, 0.1) is 0 Å². The normalized spacial score (nSPS) is 17.9. The third kappa shape index (κ3) is 2.64. The van der Waals surface area contributed by atoms with Gasteiger partial charge < -0.3 is 15.1 Å². The Morgan fingerprint density at radius 1 is 1.59 bits per heavy atom. The highest BCUT2D eigenvalue weighted by Gasteiger charge is 2.36. The molecule has 1 aliphatic heterocycles. The van der Waals surface area contributed by atoms with E-state index in [9.17, 15) is 4.79 Å². The molecule has 2 N–H and O–H groups in total. The maximum atomic E-state index is 12.2. The van der Waals surface area contributed by atoms with Crippen LogP contribution in [0.3, 0.4) is 0 Å². The molecule has 0 aromatic carbocycles. The number of nitrogens with zero attached hydrogens (tertiary/aromatic N) is 1. The van der Waals surface area contributed by atoms with Crippen molar-refractivity contribution in [1.29, 1.82) is 0 Å². The molecule has 0 unspecified atom stereocenters. The molecule has 0 bridgehead atoms. The lowest BCUT2D eigenvalue weighted by molar-refractivity contribution is 0.0651. The summed E-state index contributed by atoms with van der Waals surface area (Å²) >= 11 is 0. The summed E-state index contributed by atoms with van der Waals surface area (Å²) < 4.78 is 5.19. The molecule has 5 heteroatoms. The molecule has 0 radical (unpaired) electrons. The first-order valence-corrected chi connectivity index (χ1v) is 5.64. The van der Waals surface area contributed by atoms with Crippen molar-refractivity contribution in [3.8, 4) is 0 Å². The average Bonchev–Trinajstić information content (AvgIpc) is 2.82. The standard InChI is InChI=1S/C12H18N2O2.ClH/c1-12(2)4-3-5-14(12)11(15)9-6-10(7-13)16-8-9;/h6,8H,3-5,7,13H2,1-2H3;1H. The lowest BCUT2D eigenvalue weighted by Gasteiger charge is -2.31. The lowest BCUT2D eigenvalue weighted by Crippen LogP contribution is -2.42. The van der Waals surface area contributed by atoms with Gasteiger partial charge >= 0.3 is 0 Å². The molecule has 1 aromatic rings. The van der Waals surface area contributed by atoms with Crippen LogP contribution in [-0.4, -0.2) is 22.9 Å². The summed E-state index contributed by atoms with van der Waals surface area (Å²) in [6, 6.07) is 1.73. The summed E-state index contributed by atoms with van der Waals surface area (Å²) in [6.45, 7) is 5.36. The first kappa shape index (κ1) is 14.1. The molecule has 0 atom stereocenters. The maximum Gasteiger partial charge on any atom is 0.257 e. The van der Waals surface area contributed by atoms with E-state index in [0.29, 0.717) is 17.9 Å². The van der Waals surface area contributed by atoms with Gasteiger partial charge in [0.2, 0.25) is 0 Å². The van der Waals surface area contributed by atoms with Crippen molar-refractivity contribution in [3.05, 3.63) is 23.7 Å². The maximum absolute atomic E-state index is 12.2. The van der Waals surface area contributed by atoms with Gasteiger partial charge in [0.1, 0.15) is 12.0 Å². The largest absolute Gasteiger partial charge is 0.467 e. The molecule has 1 aromatic heterocycles. The van der Waals surface area contributed by atoms with Crippen LogP contribution in [0.5, 0.6) is 0 Å². The zero-order valence-corrected chi connectivity index (χ0v) is 11.0. The Balaban J connectivity index is 0.00000144. The molecule has 1 aliphatic rings. The van der Waals surface area contributed by atoms with E-state index < -0.39 is 0 Å². The fraction of sp³-hybridized carbons (Fsp3) is 0.583. The average molecular weight is 259 g/mol. The van der Waals surface area contributed by atoms with Gasteiger partial charge in [0.25, 0.3) is 5.91 Å². The second-order valence-electron chi connectivity index (χ2n) is 4.88. The van der Waals surface area contributed by atoms with Crippen LogP contribution in [0.2, 0.25) is 0 Å². The second kappa shape index (κ2) is 5.10. The van der Waals surface area contributed by atoms with Crippen molar-refractivity contribution < 1.29 is 9.21 Å². The molecular weight excluding hydrogens is 240 g/mol. The van der Waals surface area contributed by atoms with Crippen LogP contribution in [0.25, 0.3) is 0 Å². The molecule has 0 saturated carbocycles. The number of rotatable bonds is 2. The summed E-state index contributed by atoms with van der Waals surface area (Å²) in [7, 11) is 0. The van der Waals surface area contributed by atoms with Crippen molar-refractivity contribution >= 4 is 18.3 Å². The fourth-order valence-corrected chi connectivity index (χ4v) is 2.24. The number of likely N-dealkylation sites (tertiary alicyclic amines) is 1. The van der Waals surface area contributed by atoms with Gasteiger partial charge in [0.15, 0.2) is 0 Å². The van der Waals surface area contributed by atoms with Crippen LogP contribution in [0.1, 0.15) is 42.8 Å². The molecule has 1 amide bonds. The summed E-state index contributed by atoms with van der Waals surface area (Å²) in [5.74, 6) is 0.700. The van der Waals surface area contributed by atoms with Gasteiger partial charge in [0, 0.05) is 12.1 Å². The molecule has 96 valence electrons. The SMILES string of the molecule is CC1(C)CCCN1C(=O)c1coc(CN)c1.Cl. The van der Waals surface area contributed by atoms with E-state index in [1.165, 1.54) is 6.26 Å². The third-order valence-corrected chi connectivity index (χ3v) is 3.25.